The number of ether oxygens (including phenoxy) is 1. The highest BCUT2D eigenvalue weighted by Crippen LogP contribution is 2.25. The van der Waals surface area contributed by atoms with Gasteiger partial charge < -0.3 is 15.4 Å². The standard InChI is InChI=1S/C14H20N2OS/c1-3-11-9-16(6-7-17-11)13-8-10(2)4-5-12(13)14(15)18/h4-5,8,11H,3,6-7,9H2,1-2H3,(H2,15,18). The average molecular weight is 264 g/mol. The van der Waals surface area contributed by atoms with E-state index in [9.17, 15) is 0 Å². The van der Waals surface area contributed by atoms with E-state index in [-0.39, 0.29) is 0 Å². The van der Waals surface area contributed by atoms with Crippen LogP contribution in [0.2, 0.25) is 0 Å². The van der Waals surface area contributed by atoms with E-state index in [0.717, 1.165) is 37.4 Å². The Morgan fingerprint density at radius 1 is 1.56 bits per heavy atom. The Morgan fingerprint density at radius 3 is 3.00 bits per heavy atom. The summed E-state index contributed by atoms with van der Waals surface area (Å²) in [6.45, 7) is 6.82. The molecule has 1 aliphatic heterocycles. The number of aryl methyl sites for hydroxylation is 1. The van der Waals surface area contributed by atoms with Crippen molar-refractivity contribution >= 4 is 22.9 Å². The topological polar surface area (TPSA) is 38.5 Å². The monoisotopic (exact) mass is 264 g/mol. The Balaban J connectivity index is 2.31. The van der Waals surface area contributed by atoms with Crippen LogP contribution in [0.4, 0.5) is 5.69 Å². The van der Waals surface area contributed by atoms with Crippen molar-refractivity contribution < 1.29 is 4.74 Å². The van der Waals surface area contributed by atoms with Crippen molar-refractivity contribution in [3.63, 3.8) is 0 Å². The van der Waals surface area contributed by atoms with Crippen molar-refractivity contribution in [3.8, 4) is 0 Å². The molecule has 0 aromatic heterocycles. The molecule has 2 N–H and O–H groups in total. The minimum atomic E-state index is 0.304. The van der Waals surface area contributed by atoms with Gasteiger partial charge >= 0.3 is 0 Å². The van der Waals surface area contributed by atoms with Crippen LogP contribution in [-0.2, 0) is 4.74 Å². The maximum atomic E-state index is 5.81. The fraction of sp³-hybridized carbons (Fsp3) is 0.500. The Morgan fingerprint density at radius 2 is 2.33 bits per heavy atom. The summed E-state index contributed by atoms with van der Waals surface area (Å²) in [6.07, 6.45) is 1.34. The molecule has 4 heteroatoms. The van der Waals surface area contributed by atoms with Crippen LogP contribution in [0.5, 0.6) is 0 Å². The van der Waals surface area contributed by atoms with E-state index >= 15 is 0 Å². The zero-order valence-electron chi connectivity index (χ0n) is 11.0. The van der Waals surface area contributed by atoms with Gasteiger partial charge in [0, 0.05) is 24.3 Å². The summed E-state index contributed by atoms with van der Waals surface area (Å²) < 4.78 is 5.70. The average Bonchev–Trinajstić information content (AvgIpc) is 2.38. The molecule has 0 saturated carbocycles. The molecule has 3 nitrogen and oxygen atoms in total. The van der Waals surface area contributed by atoms with Gasteiger partial charge in [-0.05, 0) is 31.0 Å². The molecular formula is C14H20N2OS. The van der Waals surface area contributed by atoms with E-state index in [1.54, 1.807) is 0 Å². The van der Waals surface area contributed by atoms with Crippen LogP contribution in [0.15, 0.2) is 18.2 Å². The van der Waals surface area contributed by atoms with Crippen molar-refractivity contribution in [2.45, 2.75) is 26.4 Å². The summed E-state index contributed by atoms with van der Waals surface area (Å²) >= 11 is 5.14. The van der Waals surface area contributed by atoms with Gasteiger partial charge in [0.05, 0.1) is 12.7 Å². The second-order valence-electron chi connectivity index (χ2n) is 4.73. The summed E-state index contributed by atoms with van der Waals surface area (Å²) in [5.41, 5.74) is 9.15. The lowest BCUT2D eigenvalue weighted by atomic mass is 10.1. The zero-order valence-corrected chi connectivity index (χ0v) is 11.8. The van der Waals surface area contributed by atoms with Crippen LogP contribution in [0.3, 0.4) is 0 Å². The molecule has 1 heterocycles. The Labute approximate surface area is 114 Å². The fourth-order valence-electron chi connectivity index (χ4n) is 2.30. The number of rotatable bonds is 3. The first-order valence-corrected chi connectivity index (χ1v) is 6.79. The Hall–Kier alpha value is -1.13. The number of thiocarbonyl (C=S) groups is 1. The number of benzene rings is 1. The van der Waals surface area contributed by atoms with Gasteiger partial charge in [-0.15, -0.1) is 0 Å². The van der Waals surface area contributed by atoms with Gasteiger partial charge in [-0.3, -0.25) is 0 Å². The molecule has 0 bridgehead atoms. The van der Waals surface area contributed by atoms with Gasteiger partial charge in [-0.2, -0.15) is 0 Å². The molecule has 1 atom stereocenters. The predicted octanol–water partition coefficient (Wildman–Crippen LogP) is 2.24. The van der Waals surface area contributed by atoms with Crippen molar-refractivity contribution in [1.29, 1.82) is 0 Å². The van der Waals surface area contributed by atoms with Gasteiger partial charge in [-0.1, -0.05) is 25.2 Å². The highest BCUT2D eigenvalue weighted by atomic mass is 32.1. The first-order valence-electron chi connectivity index (χ1n) is 6.38. The van der Waals surface area contributed by atoms with Crippen LogP contribution >= 0.6 is 12.2 Å². The summed E-state index contributed by atoms with van der Waals surface area (Å²) in [6, 6.07) is 6.23. The van der Waals surface area contributed by atoms with Gasteiger partial charge in [0.2, 0.25) is 0 Å². The maximum absolute atomic E-state index is 5.81. The molecule has 1 saturated heterocycles. The first-order chi connectivity index (χ1) is 8.61. The minimum absolute atomic E-state index is 0.304. The summed E-state index contributed by atoms with van der Waals surface area (Å²) in [7, 11) is 0. The number of nitrogens with zero attached hydrogens (tertiary/aromatic N) is 1. The highest BCUT2D eigenvalue weighted by Gasteiger charge is 2.21. The fourth-order valence-corrected chi connectivity index (χ4v) is 2.47. The summed E-state index contributed by atoms with van der Waals surface area (Å²) in [4.78, 5) is 2.80. The molecule has 0 amide bonds. The van der Waals surface area contributed by atoms with Crippen LogP contribution < -0.4 is 10.6 Å². The van der Waals surface area contributed by atoms with Crippen LogP contribution in [0.25, 0.3) is 0 Å². The largest absolute Gasteiger partial charge is 0.389 e. The molecule has 2 rings (SSSR count). The van der Waals surface area contributed by atoms with Crippen LogP contribution in [0, 0.1) is 6.92 Å². The summed E-state index contributed by atoms with van der Waals surface area (Å²) in [5.74, 6) is 0. The van der Waals surface area contributed by atoms with E-state index in [4.69, 9.17) is 22.7 Å². The Kier molecular flexibility index (Phi) is 4.19. The molecule has 1 fully saturated rings. The molecule has 1 aromatic carbocycles. The van der Waals surface area contributed by atoms with Gasteiger partial charge in [-0.25, -0.2) is 0 Å². The summed E-state index contributed by atoms with van der Waals surface area (Å²) in [5, 5.41) is 0. The third kappa shape index (κ3) is 2.82. The molecule has 98 valence electrons. The van der Waals surface area contributed by atoms with E-state index in [1.807, 2.05) is 6.07 Å². The van der Waals surface area contributed by atoms with Crippen LogP contribution in [0.1, 0.15) is 24.5 Å². The molecule has 1 aromatic rings. The third-order valence-corrected chi connectivity index (χ3v) is 3.57. The van der Waals surface area contributed by atoms with E-state index in [2.05, 4.69) is 30.9 Å². The van der Waals surface area contributed by atoms with Crippen molar-refractivity contribution in [2.75, 3.05) is 24.6 Å². The molecule has 1 aliphatic rings. The van der Waals surface area contributed by atoms with E-state index in [1.165, 1.54) is 5.56 Å². The minimum Gasteiger partial charge on any atom is -0.389 e. The van der Waals surface area contributed by atoms with Gasteiger partial charge in [0.1, 0.15) is 4.99 Å². The molecule has 0 aliphatic carbocycles. The number of hydrogen-bond donors (Lipinski definition) is 1. The van der Waals surface area contributed by atoms with Crippen molar-refractivity contribution in [3.05, 3.63) is 29.3 Å². The lowest BCUT2D eigenvalue weighted by molar-refractivity contribution is 0.0384. The molecule has 0 radical (unpaired) electrons. The van der Waals surface area contributed by atoms with Crippen molar-refractivity contribution in [2.24, 2.45) is 5.73 Å². The molecule has 18 heavy (non-hydrogen) atoms. The molecular weight excluding hydrogens is 244 g/mol. The normalized spacial score (nSPS) is 19.9. The Bertz CT molecular complexity index is 447. The third-order valence-electron chi connectivity index (χ3n) is 3.35. The quantitative estimate of drug-likeness (QED) is 0.850. The second-order valence-corrected chi connectivity index (χ2v) is 5.17. The SMILES string of the molecule is CCC1CN(c2cc(C)ccc2C(N)=S)CCO1. The smallest absolute Gasteiger partial charge is 0.106 e. The predicted molar refractivity (Wildman–Crippen MR) is 79.3 cm³/mol. The number of morpholine rings is 1. The van der Waals surface area contributed by atoms with Gasteiger partial charge in [0.25, 0.3) is 0 Å². The van der Waals surface area contributed by atoms with E-state index < -0.39 is 0 Å². The number of nitrogens with two attached hydrogens (primary N) is 1. The van der Waals surface area contributed by atoms with Crippen LogP contribution in [-0.4, -0.2) is 30.8 Å². The van der Waals surface area contributed by atoms with Gasteiger partial charge in [0.15, 0.2) is 0 Å². The first kappa shape index (κ1) is 13.3. The van der Waals surface area contributed by atoms with E-state index in [0.29, 0.717) is 11.1 Å². The lowest BCUT2D eigenvalue weighted by Gasteiger charge is -2.35. The zero-order chi connectivity index (χ0) is 13.1. The lowest BCUT2D eigenvalue weighted by Crippen LogP contribution is -2.43. The number of hydrogen-bond acceptors (Lipinski definition) is 3. The number of anilines is 1. The second kappa shape index (κ2) is 5.67. The molecule has 1 unspecified atom stereocenters. The maximum Gasteiger partial charge on any atom is 0.106 e. The molecule has 0 spiro atoms. The highest BCUT2D eigenvalue weighted by molar-refractivity contribution is 7.80. The van der Waals surface area contributed by atoms with Crippen molar-refractivity contribution in [1.82, 2.24) is 0 Å².